The van der Waals surface area contributed by atoms with E-state index in [0.29, 0.717) is 0 Å². The molecule has 0 amide bonds. The molecule has 6 aromatic rings. The molecule has 0 N–H and O–H groups in total. The molecule has 0 nitrogen and oxygen atoms in total. The van der Waals surface area contributed by atoms with Crippen LogP contribution in [-0.2, 0) is 25.7 Å². The van der Waals surface area contributed by atoms with E-state index in [1.807, 2.05) is 0 Å². The van der Waals surface area contributed by atoms with Gasteiger partial charge < -0.3 is 0 Å². The lowest BCUT2D eigenvalue weighted by molar-refractivity contribution is 0.923. The number of rotatable bonds is 10. The third kappa shape index (κ3) is 5.88. The molecule has 2 aliphatic rings. The average molecular weight is 677 g/mol. The Kier molecular flexibility index (Phi) is 9.09. The normalized spacial score (nSPS) is 13.9. The fourth-order valence-corrected chi connectivity index (χ4v) is 13.3. The third-order valence-corrected chi connectivity index (χ3v) is 14.9. The Morgan fingerprint density at radius 2 is 0.784 bits per heavy atom. The number of fused-ring (bicyclic) bond motifs is 2. The smallest absolute Gasteiger partial charge is 0.0651 e. The van der Waals surface area contributed by atoms with Crippen LogP contribution in [0.1, 0.15) is 71.2 Å². The molecule has 51 heavy (non-hydrogen) atoms. The lowest BCUT2D eigenvalue weighted by Crippen LogP contribution is -2.31. The molecule has 0 unspecified atom stereocenters. The lowest BCUT2D eigenvalue weighted by Gasteiger charge is -2.33. The molecule has 0 saturated heterocycles. The number of hydrogen-bond donors (Lipinski definition) is 0. The molecule has 0 fully saturated rings. The number of benzene rings is 6. The first-order valence-corrected chi connectivity index (χ1v) is 22.0. The standard InChI is InChI=1S/C50H48Si/c1-5-19-35-25-13-15-29-41(35)43-31-17-27-39-33-45(37-21-9-7-10-22-37)49(47(39)43)51(3,4)50-46(38-23-11-8-12-24-38)34-40-28-18-32-44(48(40)50)42-30-16-14-26-36(42)20-6-2/h7-18,21-32H,5-6,19-20,33-34H2,1-4H3. The van der Waals surface area contributed by atoms with Gasteiger partial charge in [-0.05, 0) is 114 Å². The monoisotopic (exact) mass is 676 g/mol. The maximum Gasteiger partial charge on any atom is 0.114 e. The van der Waals surface area contributed by atoms with Crippen LogP contribution >= 0.6 is 0 Å². The van der Waals surface area contributed by atoms with Crippen molar-refractivity contribution in [2.75, 3.05) is 0 Å². The molecule has 0 atom stereocenters. The van der Waals surface area contributed by atoms with E-state index in [9.17, 15) is 0 Å². The molecule has 0 aliphatic heterocycles. The Hall–Kier alpha value is -4.98. The van der Waals surface area contributed by atoms with Crippen LogP contribution in [0.4, 0.5) is 0 Å². The van der Waals surface area contributed by atoms with Gasteiger partial charge in [0.15, 0.2) is 0 Å². The zero-order valence-electron chi connectivity index (χ0n) is 30.6. The van der Waals surface area contributed by atoms with Gasteiger partial charge in [0, 0.05) is 0 Å². The van der Waals surface area contributed by atoms with Crippen molar-refractivity contribution in [3.63, 3.8) is 0 Å². The van der Waals surface area contributed by atoms with Gasteiger partial charge in [-0.3, -0.25) is 0 Å². The van der Waals surface area contributed by atoms with Crippen molar-refractivity contribution in [2.24, 2.45) is 0 Å². The maximum absolute atomic E-state index is 2.66. The second-order valence-electron chi connectivity index (χ2n) is 14.9. The fourth-order valence-electron chi connectivity index (χ4n) is 9.21. The molecule has 0 heterocycles. The number of hydrogen-bond acceptors (Lipinski definition) is 0. The molecular weight excluding hydrogens is 629 g/mol. The van der Waals surface area contributed by atoms with Crippen LogP contribution in [0.25, 0.3) is 43.8 Å². The summed E-state index contributed by atoms with van der Waals surface area (Å²) >= 11 is 0. The van der Waals surface area contributed by atoms with E-state index < -0.39 is 8.07 Å². The van der Waals surface area contributed by atoms with Gasteiger partial charge in [-0.25, -0.2) is 0 Å². The zero-order valence-corrected chi connectivity index (χ0v) is 31.6. The minimum absolute atomic E-state index is 0.969. The average Bonchev–Trinajstić information content (AvgIpc) is 3.77. The number of aryl methyl sites for hydroxylation is 2. The van der Waals surface area contributed by atoms with Gasteiger partial charge in [0.25, 0.3) is 0 Å². The van der Waals surface area contributed by atoms with Crippen LogP contribution in [0.3, 0.4) is 0 Å². The molecule has 0 bridgehead atoms. The summed E-state index contributed by atoms with van der Waals surface area (Å²) in [6.45, 7) is 9.92. The predicted molar refractivity (Wildman–Crippen MR) is 223 cm³/mol. The highest BCUT2D eigenvalue weighted by molar-refractivity contribution is 7.10. The predicted octanol–water partition coefficient (Wildman–Crippen LogP) is 13.3. The maximum atomic E-state index is 2.66. The van der Waals surface area contributed by atoms with Crippen LogP contribution in [0.2, 0.25) is 13.1 Å². The largest absolute Gasteiger partial charge is 0.114 e. The molecule has 0 spiro atoms. The first kappa shape index (κ1) is 33.2. The minimum atomic E-state index is -2.47. The Morgan fingerprint density at radius 1 is 0.412 bits per heavy atom. The first-order chi connectivity index (χ1) is 25.0. The highest BCUT2D eigenvalue weighted by Gasteiger charge is 2.44. The second-order valence-corrected chi connectivity index (χ2v) is 19.2. The summed E-state index contributed by atoms with van der Waals surface area (Å²) in [4.78, 5) is 0. The van der Waals surface area contributed by atoms with Crippen molar-refractivity contribution >= 4 is 29.6 Å². The van der Waals surface area contributed by atoms with E-state index in [-0.39, 0.29) is 0 Å². The van der Waals surface area contributed by atoms with Gasteiger partial charge >= 0.3 is 0 Å². The Morgan fingerprint density at radius 3 is 1.20 bits per heavy atom. The second kappa shape index (κ2) is 14.0. The molecule has 0 radical (unpaired) electrons. The SMILES string of the molecule is CCCc1ccccc1-c1cccc2c1C([Si](C)(C)C1=C(c3ccccc3)Cc3cccc(-c4ccccc4CCC)c31)=C(c1ccccc1)C2. The quantitative estimate of drug-likeness (QED) is 0.127. The third-order valence-electron chi connectivity index (χ3n) is 11.3. The van der Waals surface area contributed by atoms with Crippen LogP contribution in [0.5, 0.6) is 0 Å². The van der Waals surface area contributed by atoms with Crippen LogP contribution in [0.15, 0.2) is 146 Å². The molecule has 0 saturated carbocycles. The minimum Gasteiger partial charge on any atom is -0.0651 e. The van der Waals surface area contributed by atoms with E-state index in [1.54, 1.807) is 10.4 Å². The number of allylic oxidation sites excluding steroid dienone is 2. The van der Waals surface area contributed by atoms with Crippen molar-refractivity contribution in [1.29, 1.82) is 0 Å². The summed E-state index contributed by atoms with van der Waals surface area (Å²) in [5, 5.41) is 3.22. The Labute approximate surface area is 306 Å². The molecule has 6 aromatic carbocycles. The summed E-state index contributed by atoms with van der Waals surface area (Å²) in [7, 11) is -2.47. The summed E-state index contributed by atoms with van der Waals surface area (Å²) in [5.41, 5.74) is 20.2. The Bertz CT molecular complexity index is 2120. The molecule has 252 valence electrons. The van der Waals surface area contributed by atoms with Gasteiger partial charge in [0.1, 0.15) is 8.07 Å². The Balaban J connectivity index is 1.45. The van der Waals surface area contributed by atoms with E-state index >= 15 is 0 Å². The molecule has 1 heteroatoms. The van der Waals surface area contributed by atoms with Crippen molar-refractivity contribution in [1.82, 2.24) is 0 Å². The van der Waals surface area contributed by atoms with Crippen molar-refractivity contribution in [3.8, 4) is 22.3 Å². The van der Waals surface area contributed by atoms with Gasteiger partial charge in [0.2, 0.25) is 0 Å². The lowest BCUT2D eigenvalue weighted by atomic mass is 9.92. The highest BCUT2D eigenvalue weighted by Crippen LogP contribution is 2.56. The molecule has 8 rings (SSSR count). The van der Waals surface area contributed by atoms with Crippen molar-refractivity contribution in [3.05, 3.63) is 190 Å². The summed E-state index contributed by atoms with van der Waals surface area (Å²) < 4.78 is 0. The molecule has 0 aromatic heterocycles. The van der Waals surface area contributed by atoms with E-state index in [2.05, 4.69) is 173 Å². The van der Waals surface area contributed by atoms with Crippen molar-refractivity contribution < 1.29 is 0 Å². The van der Waals surface area contributed by atoms with Crippen LogP contribution in [-0.4, -0.2) is 8.07 Å². The molecule has 2 aliphatic carbocycles. The molecular formula is C50H48Si. The van der Waals surface area contributed by atoms with E-state index in [0.717, 1.165) is 38.5 Å². The van der Waals surface area contributed by atoms with Gasteiger partial charge in [-0.2, -0.15) is 0 Å². The van der Waals surface area contributed by atoms with Crippen LogP contribution in [0, 0.1) is 0 Å². The van der Waals surface area contributed by atoms with E-state index in [1.165, 1.54) is 77.9 Å². The van der Waals surface area contributed by atoms with Crippen LogP contribution < -0.4 is 0 Å². The first-order valence-electron chi connectivity index (χ1n) is 19.0. The van der Waals surface area contributed by atoms with Gasteiger partial charge in [-0.1, -0.05) is 185 Å². The van der Waals surface area contributed by atoms with Gasteiger partial charge in [0.05, 0.1) is 0 Å². The topological polar surface area (TPSA) is 0 Å². The highest BCUT2D eigenvalue weighted by atomic mass is 28.3. The van der Waals surface area contributed by atoms with Gasteiger partial charge in [-0.15, -0.1) is 0 Å². The summed E-state index contributed by atoms with van der Waals surface area (Å²) in [6, 6.07) is 55.1. The summed E-state index contributed by atoms with van der Waals surface area (Å²) in [5.74, 6) is 0. The van der Waals surface area contributed by atoms with E-state index in [4.69, 9.17) is 0 Å². The van der Waals surface area contributed by atoms with Crippen molar-refractivity contribution in [2.45, 2.75) is 65.5 Å². The zero-order chi connectivity index (χ0) is 35.0. The fraction of sp³-hybridized carbons (Fsp3) is 0.200. The summed E-state index contributed by atoms with van der Waals surface area (Å²) in [6.07, 6.45) is 6.38.